The summed E-state index contributed by atoms with van der Waals surface area (Å²) in [4.78, 5) is 1.47. The molecule has 0 aliphatic heterocycles. The second-order valence-corrected chi connectivity index (χ2v) is 4.28. The highest BCUT2D eigenvalue weighted by Crippen LogP contribution is 2.09. The Labute approximate surface area is 112 Å². The number of nitrogens with zero attached hydrogens (tertiary/aromatic N) is 4. The molecule has 0 radical (unpaired) electrons. The van der Waals surface area contributed by atoms with Crippen molar-refractivity contribution in [1.82, 2.24) is 25.5 Å². The summed E-state index contributed by atoms with van der Waals surface area (Å²) in [7, 11) is 1.76. The maximum absolute atomic E-state index is 5.75. The third-order valence-corrected chi connectivity index (χ3v) is 2.67. The fourth-order valence-electron chi connectivity index (χ4n) is 1.82. The molecule has 102 valence electrons. The molecular formula is C13H19N5O. The Morgan fingerprint density at radius 3 is 2.74 bits per heavy atom. The molecule has 0 saturated heterocycles. The first-order chi connectivity index (χ1) is 9.28. The molecule has 1 aromatic carbocycles. The van der Waals surface area contributed by atoms with Crippen LogP contribution in [0, 0.1) is 0 Å². The minimum atomic E-state index is 0.175. The summed E-state index contributed by atoms with van der Waals surface area (Å²) >= 11 is 0. The van der Waals surface area contributed by atoms with Gasteiger partial charge in [-0.05, 0) is 23.9 Å². The third-order valence-electron chi connectivity index (χ3n) is 2.67. The van der Waals surface area contributed by atoms with E-state index in [0.29, 0.717) is 13.0 Å². The van der Waals surface area contributed by atoms with Crippen molar-refractivity contribution in [2.45, 2.75) is 19.4 Å². The van der Waals surface area contributed by atoms with Crippen LogP contribution in [-0.2, 0) is 13.5 Å². The molecule has 1 atom stereocenters. The number of hydrogen-bond acceptors (Lipinski definition) is 5. The third kappa shape index (κ3) is 4.33. The number of para-hydroxylation sites is 1. The van der Waals surface area contributed by atoms with Gasteiger partial charge in [-0.25, -0.2) is 0 Å². The Balaban J connectivity index is 1.89. The average molecular weight is 261 g/mol. The summed E-state index contributed by atoms with van der Waals surface area (Å²) < 4.78 is 5.75. The van der Waals surface area contributed by atoms with E-state index in [1.807, 2.05) is 30.3 Å². The van der Waals surface area contributed by atoms with E-state index < -0.39 is 0 Å². The monoisotopic (exact) mass is 261 g/mol. The Morgan fingerprint density at radius 1 is 1.32 bits per heavy atom. The van der Waals surface area contributed by atoms with Crippen molar-refractivity contribution >= 4 is 0 Å². The van der Waals surface area contributed by atoms with Crippen LogP contribution in [0.15, 0.2) is 30.3 Å². The van der Waals surface area contributed by atoms with Crippen molar-refractivity contribution in [3.63, 3.8) is 0 Å². The molecule has 0 aliphatic carbocycles. The average Bonchev–Trinajstić information content (AvgIpc) is 2.83. The molecule has 0 aliphatic rings. The number of aryl methyl sites for hydroxylation is 1. The second-order valence-electron chi connectivity index (χ2n) is 4.28. The summed E-state index contributed by atoms with van der Waals surface area (Å²) in [6.07, 6.45) is 0.703. The number of aromatic nitrogens is 4. The summed E-state index contributed by atoms with van der Waals surface area (Å²) in [5, 5.41) is 15.4. The Bertz CT molecular complexity index is 485. The molecule has 6 heteroatoms. The predicted molar refractivity (Wildman–Crippen MR) is 71.9 cm³/mol. The molecule has 1 aromatic heterocycles. The smallest absolute Gasteiger partial charge is 0.176 e. The van der Waals surface area contributed by atoms with E-state index in [1.165, 1.54) is 4.80 Å². The van der Waals surface area contributed by atoms with Crippen molar-refractivity contribution in [3.8, 4) is 5.75 Å². The quantitative estimate of drug-likeness (QED) is 0.799. The van der Waals surface area contributed by atoms with Gasteiger partial charge in [0.25, 0.3) is 0 Å². The van der Waals surface area contributed by atoms with Gasteiger partial charge in [0.2, 0.25) is 0 Å². The molecule has 1 unspecified atom stereocenters. The van der Waals surface area contributed by atoms with Crippen LogP contribution in [0.25, 0.3) is 0 Å². The first-order valence-corrected chi connectivity index (χ1v) is 6.42. The van der Waals surface area contributed by atoms with Gasteiger partial charge in [-0.15, -0.1) is 10.2 Å². The van der Waals surface area contributed by atoms with E-state index in [-0.39, 0.29) is 6.04 Å². The lowest BCUT2D eigenvalue weighted by Gasteiger charge is -2.16. The fraction of sp³-hybridized carbons (Fsp3) is 0.462. The van der Waals surface area contributed by atoms with Gasteiger partial charge in [0.15, 0.2) is 5.82 Å². The molecule has 0 spiro atoms. The zero-order chi connectivity index (χ0) is 13.5. The van der Waals surface area contributed by atoms with Crippen LogP contribution in [-0.4, -0.2) is 39.4 Å². The lowest BCUT2D eigenvalue weighted by molar-refractivity contribution is 0.263. The SMILES string of the molecule is CCNC(COc1ccccc1)Cc1nnn(C)n1. The van der Waals surface area contributed by atoms with Crippen molar-refractivity contribution in [1.29, 1.82) is 0 Å². The molecule has 0 amide bonds. The lowest BCUT2D eigenvalue weighted by Crippen LogP contribution is -2.36. The van der Waals surface area contributed by atoms with E-state index in [1.54, 1.807) is 7.05 Å². The molecule has 0 fully saturated rings. The molecule has 19 heavy (non-hydrogen) atoms. The van der Waals surface area contributed by atoms with Crippen LogP contribution < -0.4 is 10.1 Å². The first-order valence-electron chi connectivity index (χ1n) is 6.42. The van der Waals surface area contributed by atoms with Gasteiger partial charge >= 0.3 is 0 Å². The van der Waals surface area contributed by atoms with Gasteiger partial charge in [0, 0.05) is 12.5 Å². The highest BCUT2D eigenvalue weighted by atomic mass is 16.5. The van der Waals surface area contributed by atoms with Crippen LogP contribution in [0.5, 0.6) is 5.75 Å². The van der Waals surface area contributed by atoms with Crippen molar-refractivity contribution in [3.05, 3.63) is 36.2 Å². The molecule has 1 heterocycles. The number of likely N-dealkylation sites (N-methyl/N-ethyl adjacent to an activating group) is 1. The highest BCUT2D eigenvalue weighted by molar-refractivity contribution is 5.20. The van der Waals surface area contributed by atoms with Gasteiger partial charge in [-0.1, -0.05) is 25.1 Å². The van der Waals surface area contributed by atoms with Gasteiger partial charge < -0.3 is 10.1 Å². The highest BCUT2D eigenvalue weighted by Gasteiger charge is 2.12. The van der Waals surface area contributed by atoms with Crippen molar-refractivity contribution in [2.24, 2.45) is 7.05 Å². The fourth-order valence-corrected chi connectivity index (χ4v) is 1.82. The number of tetrazole rings is 1. The Kier molecular flexibility index (Phi) is 4.85. The zero-order valence-corrected chi connectivity index (χ0v) is 11.3. The largest absolute Gasteiger partial charge is 0.492 e. The molecule has 0 bridgehead atoms. The molecule has 1 N–H and O–H groups in total. The maximum Gasteiger partial charge on any atom is 0.176 e. The second kappa shape index (κ2) is 6.84. The number of nitrogens with one attached hydrogen (secondary N) is 1. The van der Waals surface area contributed by atoms with Crippen molar-refractivity contribution < 1.29 is 4.74 Å². The first kappa shape index (κ1) is 13.5. The summed E-state index contributed by atoms with van der Waals surface area (Å²) in [6, 6.07) is 9.96. The minimum Gasteiger partial charge on any atom is -0.492 e. The molecule has 2 aromatic rings. The maximum atomic E-state index is 5.75. The Morgan fingerprint density at radius 2 is 2.11 bits per heavy atom. The lowest BCUT2D eigenvalue weighted by atomic mass is 10.2. The van der Waals surface area contributed by atoms with Crippen LogP contribution in [0.2, 0.25) is 0 Å². The number of ether oxygens (including phenoxy) is 1. The van der Waals surface area contributed by atoms with Gasteiger partial charge in [0.05, 0.1) is 7.05 Å². The summed E-state index contributed by atoms with van der Waals surface area (Å²) in [5.41, 5.74) is 0. The molecular weight excluding hydrogens is 242 g/mol. The predicted octanol–water partition coefficient (Wildman–Crippen LogP) is 0.810. The van der Waals surface area contributed by atoms with Crippen LogP contribution in [0.3, 0.4) is 0 Å². The van der Waals surface area contributed by atoms with Gasteiger partial charge in [-0.3, -0.25) is 0 Å². The van der Waals surface area contributed by atoms with Crippen LogP contribution in [0.4, 0.5) is 0 Å². The zero-order valence-electron chi connectivity index (χ0n) is 11.3. The van der Waals surface area contributed by atoms with E-state index in [9.17, 15) is 0 Å². The van der Waals surface area contributed by atoms with Gasteiger partial charge in [0.1, 0.15) is 12.4 Å². The number of rotatable bonds is 7. The van der Waals surface area contributed by atoms with Crippen LogP contribution in [0.1, 0.15) is 12.7 Å². The molecule has 0 saturated carbocycles. The molecule has 6 nitrogen and oxygen atoms in total. The topological polar surface area (TPSA) is 64.9 Å². The normalized spacial score (nSPS) is 12.3. The van der Waals surface area contributed by atoms with E-state index in [2.05, 4.69) is 27.7 Å². The van der Waals surface area contributed by atoms with Crippen LogP contribution >= 0.6 is 0 Å². The van der Waals surface area contributed by atoms with Gasteiger partial charge in [-0.2, -0.15) is 4.80 Å². The van der Waals surface area contributed by atoms with Crippen molar-refractivity contribution in [2.75, 3.05) is 13.2 Å². The van der Waals surface area contributed by atoms with E-state index in [0.717, 1.165) is 18.1 Å². The minimum absolute atomic E-state index is 0.175. The van der Waals surface area contributed by atoms with E-state index in [4.69, 9.17) is 4.74 Å². The van der Waals surface area contributed by atoms with E-state index >= 15 is 0 Å². The summed E-state index contributed by atoms with van der Waals surface area (Å²) in [6.45, 7) is 3.53. The Hall–Kier alpha value is -1.95. The number of hydrogen-bond donors (Lipinski definition) is 1. The standard InChI is InChI=1S/C13H19N5O/c1-3-14-11(9-13-15-17-18(2)16-13)10-19-12-7-5-4-6-8-12/h4-8,11,14H,3,9-10H2,1-2H3. The molecule has 2 rings (SSSR count). The number of benzene rings is 1. The summed E-state index contributed by atoms with van der Waals surface area (Å²) in [5.74, 6) is 1.60.